The molecule has 0 fully saturated rings. The Hall–Kier alpha value is -2.37. The number of nitrogens with zero attached hydrogens (tertiary/aromatic N) is 2. The van der Waals surface area contributed by atoms with Gasteiger partial charge in [0, 0.05) is 6.07 Å². The normalized spacial score (nSPS) is 10.3. The molecule has 0 atom stereocenters. The van der Waals surface area contributed by atoms with E-state index in [-0.39, 0.29) is 18.1 Å². The van der Waals surface area contributed by atoms with Gasteiger partial charge in [0.25, 0.3) is 0 Å². The van der Waals surface area contributed by atoms with Crippen molar-refractivity contribution in [1.82, 2.24) is 9.78 Å². The molecule has 0 aliphatic carbocycles. The Kier molecular flexibility index (Phi) is 3.27. The number of ether oxygens (including phenoxy) is 1. The highest BCUT2D eigenvalue weighted by Gasteiger charge is 2.14. The van der Waals surface area contributed by atoms with E-state index in [0.29, 0.717) is 5.69 Å². The molecule has 2 aromatic rings. The summed E-state index contributed by atoms with van der Waals surface area (Å²) in [5, 5.41) is 3.99. The number of benzene rings is 1. The number of hydrogen-bond acceptors (Lipinski definition) is 4. The maximum Gasteiger partial charge on any atom is 0.358 e. The lowest BCUT2D eigenvalue weighted by molar-refractivity contribution is 0.0519. The molecule has 0 aliphatic rings. The van der Waals surface area contributed by atoms with Crippen LogP contribution in [0.1, 0.15) is 17.4 Å². The van der Waals surface area contributed by atoms with Crippen molar-refractivity contribution in [2.75, 3.05) is 12.3 Å². The van der Waals surface area contributed by atoms with Crippen LogP contribution in [0.25, 0.3) is 5.69 Å². The van der Waals surface area contributed by atoms with Gasteiger partial charge in [0.15, 0.2) is 5.69 Å². The van der Waals surface area contributed by atoms with E-state index in [4.69, 9.17) is 10.5 Å². The third kappa shape index (κ3) is 2.32. The van der Waals surface area contributed by atoms with Gasteiger partial charge in [-0.05, 0) is 25.1 Å². The van der Waals surface area contributed by atoms with Crippen molar-refractivity contribution >= 4 is 11.8 Å². The lowest BCUT2D eigenvalue weighted by Gasteiger charge is -2.03. The highest BCUT2D eigenvalue weighted by Crippen LogP contribution is 2.15. The molecule has 0 saturated heterocycles. The zero-order valence-electron chi connectivity index (χ0n) is 9.76. The maximum absolute atomic E-state index is 13.1. The molecule has 0 radical (unpaired) electrons. The van der Waals surface area contributed by atoms with E-state index in [9.17, 15) is 9.18 Å². The molecule has 2 N–H and O–H groups in total. The van der Waals surface area contributed by atoms with Crippen LogP contribution in [-0.2, 0) is 4.74 Å². The molecule has 94 valence electrons. The highest BCUT2D eigenvalue weighted by atomic mass is 19.1. The second-order valence-electron chi connectivity index (χ2n) is 3.57. The number of esters is 1. The van der Waals surface area contributed by atoms with Gasteiger partial charge in [-0.25, -0.2) is 13.9 Å². The van der Waals surface area contributed by atoms with Crippen molar-refractivity contribution in [1.29, 1.82) is 0 Å². The van der Waals surface area contributed by atoms with Gasteiger partial charge in [-0.1, -0.05) is 6.07 Å². The van der Waals surface area contributed by atoms with Crippen LogP contribution in [0.4, 0.5) is 10.2 Å². The number of carbonyl (C=O) groups is 1. The second-order valence-corrected chi connectivity index (χ2v) is 3.57. The Morgan fingerprint density at radius 3 is 2.94 bits per heavy atom. The number of aromatic nitrogens is 2. The molecule has 0 bridgehead atoms. The molecule has 0 aliphatic heterocycles. The number of rotatable bonds is 3. The molecule has 1 heterocycles. The molecular formula is C12H12FN3O2. The van der Waals surface area contributed by atoms with E-state index in [1.165, 1.54) is 28.9 Å². The van der Waals surface area contributed by atoms with Gasteiger partial charge in [0.05, 0.1) is 12.3 Å². The van der Waals surface area contributed by atoms with E-state index in [0.717, 1.165) is 0 Å². The predicted molar refractivity (Wildman–Crippen MR) is 63.9 cm³/mol. The first-order valence-electron chi connectivity index (χ1n) is 5.40. The topological polar surface area (TPSA) is 70.1 Å². The number of carbonyl (C=O) groups excluding carboxylic acids is 1. The third-order valence-corrected chi connectivity index (χ3v) is 2.27. The van der Waals surface area contributed by atoms with Crippen molar-refractivity contribution in [3.63, 3.8) is 0 Å². The minimum atomic E-state index is -0.556. The quantitative estimate of drug-likeness (QED) is 0.841. The van der Waals surface area contributed by atoms with E-state index in [1.807, 2.05) is 0 Å². The molecule has 6 heteroatoms. The SMILES string of the molecule is CCOC(=O)c1cc(N)n(-c2cccc(F)c2)n1. The first-order chi connectivity index (χ1) is 8.61. The fourth-order valence-electron chi connectivity index (χ4n) is 1.52. The van der Waals surface area contributed by atoms with Gasteiger partial charge < -0.3 is 10.5 Å². The van der Waals surface area contributed by atoms with Crippen LogP contribution in [0.2, 0.25) is 0 Å². The average Bonchev–Trinajstić information content (AvgIpc) is 2.72. The summed E-state index contributed by atoms with van der Waals surface area (Å²) in [5.41, 5.74) is 6.27. The van der Waals surface area contributed by atoms with Crippen LogP contribution in [0.3, 0.4) is 0 Å². The first-order valence-corrected chi connectivity index (χ1v) is 5.40. The second kappa shape index (κ2) is 4.87. The van der Waals surface area contributed by atoms with E-state index in [2.05, 4.69) is 5.10 Å². The van der Waals surface area contributed by atoms with Crippen molar-refractivity contribution in [3.05, 3.63) is 41.8 Å². The van der Waals surface area contributed by atoms with Gasteiger partial charge in [-0.15, -0.1) is 0 Å². The van der Waals surface area contributed by atoms with Crippen LogP contribution < -0.4 is 5.73 Å². The van der Waals surface area contributed by atoms with Crippen molar-refractivity contribution in [2.45, 2.75) is 6.92 Å². The van der Waals surface area contributed by atoms with Crippen LogP contribution >= 0.6 is 0 Å². The number of hydrogen-bond donors (Lipinski definition) is 1. The molecule has 18 heavy (non-hydrogen) atoms. The highest BCUT2D eigenvalue weighted by molar-refractivity contribution is 5.88. The average molecular weight is 249 g/mol. The van der Waals surface area contributed by atoms with Crippen molar-refractivity contribution in [3.8, 4) is 5.69 Å². The molecule has 1 aromatic heterocycles. The van der Waals surface area contributed by atoms with Gasteiger partial charge in [-0.3, -0.25) is 0 Å². The van der Waals surface area contributed by atoms with E-state index < -0.39 is 11.8 Å². The Morgan fingerprint density at radius 2 is 2.28 bits per heavy atom. The number of halogens is 1. The lowest BCUT2D eigenvalue weighted by Crippen LogP contribution is -2.07. The van der Waals surface area contributed by atoms with Crippen molar-refractivity contribution in [2.24, 2.45) is 0 Å². The van der Waals surface area contributed by atoms with Gasteiger partial charge in [0.2, 0.25) is 0 Å². The van der Waals surface area contributed by atoms with Gasteiger partial charge in [-0.2, -0.15) is 5.10 Å². The minimum Gasteiger partial charge on any atom is -0.461 e. The summed E-state index contributed by atoms with van der Waals surface area (Å²) in [6.45, 7) is 1.95. The van der Waals surface area contributed by atoms with Crippen LogP contribution in [-0.4, -0.2) is 22.4 Å². The van der Waals surface area contributed by atoms with Gasteiger partial charge in [0.1, 0.15) is 11.6 Å². The fourth-order valence-corrected chi connectivity index (χ4v) is 1.52. The van der Waals surface area contributed by atoms with Crippen LogP contribution in [0.5, 0.6) is 0 Å². The smallest absolute Gasteiger partial charge is 0.358 e. The summed E-state index contributed by atoms with van der Waals surface area (Å²) in [5.74, 6) is -0.719. The standard InChI is InChI=1S/C12H12FN3O2/c1-2-18-12(17)10-7-11(14)16(15-10)9-5-3-4-8(13)6-9/h3-7H,2,14H2,1H3. The largest absolute Gasteiger partial charge is 0.461 e. The Bertz CT molecular complexity index is 580. The third-order valence-electron chi connectivity index (χ3n) is 2.27. The molecule has 0 spiro atoms. The molecule has 0 saturated carbocycles. The maximum atomic E-state index is 13.1. The molecule has 0 amide bonds. The summed E-state index contributed by atoms with van der Waals surface area (Å²) in [6, 6.07) is 7.16. The minimum absolute atomic E-state index is 0.0959. The van der Waals surface area contributed by atoms with E-state index in [1.54, 1.807) is 13.0 Å². The zero-order valence-corrected chi connectivity index (χ0v) is 9.76. The summed E-state index contributed by atoms with van der Waals surface area (Å²) in [6.07, 6.45) is 0. The van der Waals surface area contributed by atoms with E-state index >= 15 is 0 Å². The molecule has 5 nitrogen and oxygen atoms in total. The Labute approximate surface area is 103 Å². The first kappa shape index (κ1) is 12.1. The summed E-state index contributed by atoms with van der Waals surface area (Å²) >= 11 is 0. The number of anilines is 1. The summed E-state index contributed by atoms with van der Waals surface area (Å²) in [7, 11) is 0. The summed E-state index contributed by atoms with van der Waals surface area (Å²) in [4.78, 5) is 11.5. The van der Waals surface area contributed by atoms with Crippen molar-refractivity contribution < 1.29 is 13.9 Å². The number of nitrogen functional groups attached to an aromatic ring is 1. The fraction of sp³-hybridized carbons (Fsp3) is 0.167. The number of nitrogens with two attached hydrogens (primary N) is 1. The Morgan fingerprint density at radius 1 is 1.50 bits per heavy atom. The molecule has 0 unspecified atom stereocenters. The van der Waals surface area contributed by atoms with Crippen LogP contribution in [0, 0.1) is 5.82 Å². The molecule has 1 aromatic carbocycles. The zero-order chi connectivity index (χ0) is 13.1. The molecular weight excluding hydrogens is 237 g/mol. The summed E-state index contributed by atoms with van der Waals surface area (Å²) < 4.78 is 19.2. The Balaban J connectivity index is 2.38. The molecule has 2 rings (SSSR count). The van der Waals surface area contributed by atoms with Gasteiger partial charge >= 0.3 is 5.97 Å². The predicted octanol–water partition coefficient (Wildman–Crippen LogP) is 1.77. The monoisotopic (exact) mass is 249 g/mol. The lowest BCUT2D eigenvalue weighted by atomic mass is 10.3. The van der Waals surface area contributed by atoms with Crippen LogP contribution in [0.15, 0.2) is 30.3 Å².